The maximum Gasteiger partial charge on any atom is 0.129 e. The van der Waals surface area contributed by atoms with Crippen molar-refractivity contribution in [3.05, 3.63) is 76.4 Å². The van der Waals surface area contributed by atoms with Gasteiger partial charge in [-0.3, -0.25) is 0 Å². The molecule has 1 heterocycles. The summed E-state index contributed by atoms with van der Waals surface area (Å²) >= 11 is 0. The van der Waals surface area contributed by atoms with Crippen LogP contribution in [0.15, 0.2) is 54.1 Å². The van der Waals surface area contributed by atoms with Crippen molar-refractivity contribution < 1.29 is 4.79 Å². The Morgan fingerprint density at radius 2 is 1.17 bits per heavy atom. The maximum atomic E-state index is 11.0. The maximum absolute atomic E-state index is 11.0. The van der Waals surface area contributed by atoms with Gasteiger partial charge in [0.2, 0.25) is 0 Å². The lowest BCUT2D eigenvalue weighted by Crippen LogP contribution is -2.34. The number of carbonyl (C=O) groups excluding carboxylic acids is 1. The van der Waals surface area contributed by atoms with Gasteiger partial charge in [-0.25, -0.2) is 0 Å². The van der Waals surface area contributed by atoms with E-state index in [2.05, 4.69) is 65.6 Å². The highest BCUT2D eigenvalue weighted by Crippen LogP contribution is 2.39. The predicted molar refractivity (Wildman–Crippen MR) is 204 cm³/mol. The highest BCUT2D eigenvalue weighted by atomic mass is 16.1. The summed E-state index contributed by atoms with van der Waals surface area (Å²) in [5.74, 6) is 2.28. The minimum atomic E-state index is 0.348. The lowest BCUT2D eigenvalue weighted by molar-refractivity contribution is -0.117. The second-order valence-electron chi connectivity index (χ2n) is 15.3. The number of piperidine rings is 1. The number of fused-ring (bicyclic) bond motifs is 2. The Morgan fingerprint density at radius 3 is 1.72 bits per heavy atom. The van der Waals surface area contributed by atoms with E-state index in [4.69, 9.17) is 0 Å². The second-order valence-corrected chi connectivity index (χ2v) is 15.3. The van der Waals surface area contributed by atoms with Crippen molar-refractivity contribution >= 4 is 23.5 Å². The zero-order valence-corrected chi connectivity index (χ0v) is 30.0. The van der Waals surface area contributed by atoms with Crippen molar-refractivity contribution in [1.82, 2.24) is 4.90 Å². The largest absolute Gasteiger partial charge is 0.303 e. The van der Waals surface area contributed by atoms with Crippen LogP contribution in [0.4, 0.5) is 0 Å². The minimum Gasteiger partial charge on any atom is -0.303 e. The number of carbonyl (C=O) groups is 1. The molecule has 2 aliphatic carbocycles. The standard InChI is InChI=1S/C45H65NO/c1-37(47)21-13-10-8-6-4-2-3-5-7-9-11-14-24-39(38-22-15-12-16-23-38)31-34-46-35-32-42(33-36-46)45-43-27-19-17-25-40(43)29-30-41-26-18-20-28-44(41)45/h17-20,25-30,38-39H,2-16,21-24,31-36H2,1H3. The van der Waals surface area contributed by atoms with Crippen LogP contribution in [-0.2, 0) is 4.79 Å². The molecule has 0 bridgehead atoms. The van der Waals surface area contributed by atoms with Gasteiger partial charge in [0.1, 0.15) is 5.78 Å². The number of Topliss-reactive ketones (excluding diaryl/α,β-unsaturated/α-hetero) is 1. The lowest BCUT2D eigenvalue weighted by Gasteiger charge is -2.34. The Kier molecular flexibility index (Phi) is 15.4. The third-order valence-electron chi connectivity index (χ3n) is 11.7. The number of nitrogens with zero attached hydrogens (tertiary/aromatic N) is 1. The molecule has 2 nitrogen and oxygen atoms in total. The second kappa shape index (κ2) is 20.2. The van der Waals surface area contributed by atoms with Gasteiger partial charge in [0, 0.05) is 19.5 Å². The number of ketones is 1. The van der Waals surface area contributed by atoms with Crippen LogP contribution in [0.5, 0.6) is 0 Å². The van der Waals surface area contributed by atoms with Gasteiger partial charge in [0.15, 0.2) is 0 Å². The first-order valence-corrected chi connectivity index (χ1v) is 20.0. The van der Waals surface area contributed by atoms with Crippen LogP contribution >= 0.6 is 0 Å². The van der Waals surface area contributed by atoms with Crippen LogP contribution in [0.25, 0.3) is 17.7 Å². The molecule has 0 aromatic heterocycles. The van der Waals surface area contributed by atoms with Crippen molar-refractivity contribution in [2.24, 2.45) is 11.8 Å². The number of likely N-dealkylation sites (tertiary alicyclic amines) is 1. The molecular weight excluding hydrogens is 571 g/mol. The highest BCUT2D eigenvalue weighted by Gasteiger charge is 2.26. The van der Waals surface area contributed by atoms with Gasteiger partial charge in [-0.05, 0) is 78.8 Å². The average Bonchev–Trinajstić information content (AvgIpc) is 3.27. The molecule has 1 unspecified atom stereocenters. The fourth-order valence-corrected chi connectivity index (χ4v) is 8.86. The Balaban J connectivity index is 1.03. The molecule has 47 heavy (non-hydrogen) atoms. The van der Waals surface area contributed by atoms with Gasteiger partial charge in [-0.2, -0.15) is 0 Å². The first-order valence-electron chi connectivity index (χ1n) is 20.0. The van der Waals surface area contributed by atoms with Crippen LogP contribution in [0, 0.1) is 11.8 Å². The van der Waals surface area contributed by atoms with Gasteiger partial charge >= 0.3 is 0 Å². The monoisotopic (exact) mass is 636 g/mol. The van der Waals surface area contributed by atoms with Crippen LogP contribution < -0.4 is 0 Å². The first-order chi connectivity index (χ1) is 23.2. The minimum absolute atomic E-state index is 0.348. The summed E-state index contributed by atoms with van der Waals surface area (Å²) in [5, 5.41) is 0. The number of unbranched alkanes of at least 4 members (excludes halogenated alkanes) is 11. The number of rotatable bonds is 19. The van der Waals surface area contributed by atoms with E-state index in [-0.39, 0.29) is 0 Å². The average molecular weight is 636 g/mol. The van der Waals surface area contributed by atoms with E-state index in [9.17, 15) is 4.79 Å². The van der Waals surface area contributed by atoms with Crippen molar-refractivity contribution in [2.75, 3.05) is 19.6 Å². The summed E-state index contributed by atoms with van der Waals surface area (Å²) < 4.78 is 0. The number of hydrogen-bond donors (Lipinski definition) is 0. The summed E-state index contributed by atoms with van der Waals surface area (Å²) in [4.78, 5) is 13.9. The Labute approximate surface area is 288 Å². The van der Waals surface area contributed by atoms with E-state index in [0.717, 1.165) is 24.7 Å². The molecule has 2 aromatic rings. The van der Waals surface area contributed by atoms with E-state index >= 15 is 0 Å². The van der Waals surface area contributed by atoms with Gasteiger partial charge < -0.3 is 9.69 Å². The van der Waals surface area contributed by atoms with Crippen molar-refractivity contribution in [2.45, 2.75) is 148 Å². The lowest BCUT2D eigenvalue weighted by atomic mass is 9.76. The molecule has 256 valence electrons. The molecule has 0 N–H and O–H groups in total. The topological polar surface area (TPSA) is 20.3 Å². The predicted octanol–water partition coefficient (Wildman–Crippen LogP) is 12.7. The van der Waals surface area contributed by atoms with Gasteiger partial charge in [-0.15, -0.1) is 0 Å². The van der Waals surface area contributed by atoms with Gasteiger partial charge in [-0.1, -0.05) is 175 Å². The zero-order valence-electron chi connectivity index (χ0n) is 30.0. The molecule has 1 saturated heterocycles. The van der Waals surface area contributed by atoms with Crippen molar-refractivity contribution in [3.63, 3.8) is 0 Å². The molecule has 2 fully saturated rings. The fraction of sp³-hybridized carbons (Fsp3) is 0.622. The van der Waals surface area contributed by atoms with Gasteiger partial charge in [0.05, 0.1) is 0 Å². The molecule has 3 aliphatic rings. The van der Waals surface area contributed by atoms with Crippen molar-refractivity contribution in [1.29, 1.82) is 0 Å². The third kappa shape index (κ3) is 11.6. The fourth-order valence-electron chi connectivity index (χ4n) is 8.86. The van der Waals surface area contributed by atoms with E-state index in [1.54, 1.807) is 12.5 Å². The molecule has 0 radical (unpaired) electrons. The molecule has 1 aliphatic heterocycles. The zero-order chi connectivity index (χ0) is 32.5. The smallest absolute Gasteiger partial charge is 0.129 e. The normalized spacial score (nSPS) is 17.7. The molecule has 1 atom stereocenters. The van der Waals surface area contributed by atoms with Gasteiger partial charge in [0.25, 0.3) is 0 Å². The summed E-state index contributed by atoms with van der Waals surface area (Å²) in [6, 6.07) is 18.0. The molecule has 2 heteroatoms. The Hall–Kier alpha value is -2.45. The number of benzene rings is 2. The summed E-state index contributed by atoms with van der Waals surface area (Å²) in [6.07, 6.45) is 34.5. The highest BCUT2D eigenvalue weighted by molar-refractivity contribution is 5.94. The Morgan fingerprint density at radius 1 is 0.660 bits per heavy atom. The molecule has 5 rings (SSSR count). The van der Waals surface area contributed by atoms with Crippen LogP contribution in [0.2, 0.25) is 0 Å². The quantitative estimate of drug-likeness (QED) is 0.122. The Bertz CT molecular complexity index is 1220. The summed E-state index contributed by atoms with van der Waals surface area (Å²) in [5.41, 5.74) is 8.72. The molecule has 0 spiro atoms. The molecule has 2 aromatic carbocycles. The van der Waals surface area contributed by atoms with E-state index in [0.29, 0.717) is 5.78 Å². The SMILES string of the molecule is CC(=O)CCCCCCCCCCCCCCC(CCN1CCC(=C2c3ccccc3C=Cc3ccccc32)CC1)C1CCCCC1. The van der Waals surface area contributed by atoms with Crippen LogP contribution in [0.1, 0.15) is 170 Å². The summed E-state index contributed by atoms with van der Waals surface area (Å²) in [6.45, 7) is 5.45. The number of hydrogen-bond acceptors (Lipinski definition) is 2. The van der Waals surface area contributed by atoms with E-state index in [1.807, 2.05) is 0 Å². The first kappa shape index (κ1) is 35.8. The summed E-state index contributed by atoms with van der Waals surface area (Å²) in [7, 11) is 0. The van der Waals surface area contributed by atoms with Crippen molar-refractivity contribution in [3.8, 4) is 0 Å². The third-order valence-corrected chi connectivity index (χ3v) is 11.7. The van der Waals surface area contributed by atoms with Crippen LogP contribution in [0.3, 0.4) is 0 Å². The van der Waals surface area contributed by atoms with E-state index in [1.165, 1.54) is 176 Å². The molecule has 0 amide bonds. The van der Waals surface area contributed by atoms with E-state index < -0.39 is 0 Å². The molecule has 1 saturated carbocycles. The molecular formula is C45H65NO. The van der Waals surface area contributed by atoms with Crippen LogP contribution in [-0.4, -0.2) is 30.3 Å².